The summed E-state index contributed by atoms with van der Waals surface area (Å²) in [5.74, 6) is 1.85. The first-order valence-electron chi connectivity index (χ1n) is 22.1. The number of hydrogen-bond acceptors (Lipinski definition) is 1. The van der Waals surface area contributed by atoms with Gasteiger partial charge in [-0.15, -0.1) is 0 Å². The Morgan fingerprint density at radius 1 is 0.459 bits per heavy atom. The molecule has 10 rings (SSSR count). The van der Waals surface area contributed by atoms with Crippen LogP contribution in [0.4, 0.5) is 17.1 Å². The summed E-state index contributed by atoms with van der Waals surface area (Å²) in [5.41, 5.74) is 18.7. The lowest BCUT2D eigenvalue weighted by Crippen LogP contribution is -2.16. The Balaban J connectivity index is 1.04. The van der Waals surface area contributed by atoms with Gasteiger partial charge in [-0.2, -0.15) is 0 Å². The van der Waals surface area contributed by atoms with Crippen molar-refractivity contribution in [3.05, 3.63) is 205 Å². The molecule has 0 amide bonds. The summed E-state index contributed by atoms with van der Waals surface area (Å²) in [5, 5.41) is 2.51. The van der Waals surface area contributed by atoms with Gasteiger partial charge < -0.3 is 9.47 Å². The molecular weight excluding hydrogens is 737 g/mol. The molecule has 0 fully saturated rings. The number of nitrogens with zero attached hydrogens (tertiary/aromatic N) is 2. The van der Waals surface area contributed by atoms with Crippen LogP contribution in [0.5, 0.6) is 0 Å². The third-order valence-electron chi connectivity index (χ3n) is 13.3. The normalized spacial score (nSPS) is 13.5. The first-order chi connectivity index (χ1) is 29.7. The molecule has 0 spiro atoms. The highest BCUT2D eigenvalue weighted by Crippen LogP contribution is 2.50. The zero-order valence-corrected chi connectivity index (χ0v) is 36.2. The van der Waals surface area contributed by atoms with Crippen molar-refractivity contribution in [3.63, 3.8) is 0 Å². The summed E-state index contributed by atoms with van der Waals surface area (Å²) < 4.78 is 2.41. The number of hydrogen-bond donors (Lipinski definition) is 0. The van der Waals surface area contributed by atoms with Crippen LogP contribution < -0.4 is 4.90 Å². The first kappa shape index (κ1) is 38.6. The van der Waals surface area contributed by atoms with Gasteiger partial charge in [0.25, 0.3) is 0 Å². The molecule has 1 aliphatic carbocycles. The fourth-order valence-electron chi connectivity index (χ4n) is 10.1. The number of para-hydroxylation sites is 2. The van der Waals surface area contributed by atoms with Gasteiger partial charge in [-0.3, -0.25) is 0 Å². The third kappa shape index (κ3) is 6.85. The molecule has 61 heavy (non-hydrogen) atoms. The van der Waals surface area contributed by atoms with Crippen molar-refractivity contribution in [2.75, 3.05) is 4.90 Å². The van der Waals surface area contributed by atoms with Gasteiger partial charge in [0.05, 0.1) is 11.0 Å². The summed E-state index contributed by atoms with van der Waals surface area (Å²) in [6.45, 7) is 14.1. The fraction of sp³-hybridized carbons (Fsp3) is 0.186. The predicted molar refractivity (Wildman–Crippen MR) is 261 cm³/mol. The summed E-state index contributed by atoms with van der Waals surface area (Å²) >= 11 is 0. The molecule has 0 N–H and O–H groups in total. The van der Waals surface area contributed by atoms with E-state index in [0.29, 0.717) is 17.8 Å². The topological polar surface area (TPSA) is 8.17 Å². The Kier molecular flexibility index (Phi) is 9.75. The summed E-state index contributed by atoms with van der Waals surface area (Å²) in [6.07, 6.45) is 1.21. The second-order valence-corrected chi connectivity index (χ2v) is 18.4. The average molecular weight is 791 g/mol. The van der Waals surface area contributed by atoms with Crippen molar-refractivity contribution < 1.29 is 0 Å². The van der Waals surface area contributed by atoms with E-state index in [1.807, 2.05) is 0 Å². The Labute approximate surface area is 361 Å². The monoisotopic (exact) mass is 790 g/mol. The van der Waals surface area contributed by atoms with Crippen molar-refractivity contribution in [2.24, 2.45) is 11.8 Å². The molecule has 0 saturated heterocycles. The number of anilines is 3. The van der Waals surface area contributed by atoms with Gasteiger partial charge in [-0.05, 0) is 147 Å². The minimum absolute atomic E-state index is 0.0773. The van der Waals surface area contributed by atoms with Crippen molar-refractivity contribution in [2.45, 2.75) is 59.3 Å². The predicted octanol–water partition coefficient (Wildman–Crippen LogP) is 16.7. The molecule has 2 heteroatoms. The minimum Gasteiger partial charge on any atom is -0.310 e. The molecule has 300 valence electrons. The van der Waals surface area contributed by atoms with E-state index in [-0.39, 0.29) is 5.41 Å². The third-order valence-corrected chi connectivity index (χ3v) is 13.3. The molecule has 1 aromatic heterocycles. The zero-order chi connectivity index (χ0) is 41.8. The lowest BCUT2D eigenvalue weighted by atomic mass is 9.82. The molecule has 8 aromatic carbocycles. The second kappa shape index (κ2) is 15.4. The van der Waals surface area contributed by atoms with Crippen molar-refractivity contribution in [3.8, 4) is 39.1 Å². The van der Waals surface area contributed by atoms with E-state index < -0.39 is 0 Å². The average Bonchev–Trinajstić information content (AvgIpc) is 3.73. The number of aromatic nitrogens is 1. The Bertz CT molecular complexity index is 3000. The van der Waals surface area contributed by atoms with Crippen LogP contribution in [0.1, 0.15) is 70.6 Å². The van der Waals surface area contributed by atoms with Gasteiger partial charge in [0.15, 0.2) is 0 Å². The Morgan fingerprint density at radius 2 is 0.967 bits per heavy atom. The molecule has 1 atom stereocenters. The first-order valence-corrected chi connectivity index (χ1v) is 22.1. The van der Waals surface area contributed by atoms with Crippen LogP contribution in [-0.2, 0) is 5.41 Å². The molecule has 1 heterocycles. The number of fused-ring (bicyclic) bond motifs is 6. The molecule has 2 nitrogen and oxygen atoms in total. The van der Waals surface area contributed by atoms with Gasteiger partial charge in [-0.1, -0.05) is 157 Å². The van der Waals surface area contributed by atoms with Crippen molar-refractivity contribution >= 4 is 38.9 Å². The quantitative estimate of drug-likeness (QED) is 0.134. The largest absolute Gasteiger partial charge is 0.310 e. The Morgan fingerprint density at radius 3 is 1.57 bits per heavy atom. The maximum absolute atomic E-state index is 2.41. The molecule has 1 unspecified atom stereocenters. The molecule has 0 radical (unpaired) electrons. The molecule has 0 aliphatic heterocycles. The van der Waals surface area contributed by atoms with Crippen LogP contribution in [-0.4, -0.2) is 4.57 Å². The van der Waals surface area contributed by atoms with E-state index in [0.717, 1.165) is 17.1 Å². The van der Waals surface area contributed by atoms with E-state index in [9.17, 15) is 0 Å². The van der Waals surface area contributed by atoms with Gasteiger partial charge in [0.1, 0.15) is 0 Å². The van der Waals surface area contributed by atoms with Gasteiger partial charge in [0.2, 0.25) is 0 Å². The van der Waals surface area contributed by atoms with Crippen molar-refractivity contribution in [1.82, 2.24) is 4.57 Å². The summed E-state index contributed by atoms with van der Waals surface area (Å²) in [7, 11) is 0. The fourth-order valence-corrected chi connectivity index (χ4v) is 10.1. The number of benzene rings is 8. The van der Waals surface area contributed by atoms with Crippen LogP contribution in [0.2, 0.25) is 0 Å². The smallest absolute Gasteiger partial charge is 0.0541 e. The standard InChI is InChI=1S/C59H54N2/c1-39(2)35-52(40(3)4)43-23-21-41(22-24-43)44-27-33-57-53(36-44)54-37-45(28-34-58(54)61(57)47-17-11-8-12-18-47)42-25-29-48(30-26-42)60(46-15-9-7-10-16-46)49-31-32-51-50-19-13-14-20-55(50)59(5,6)56(51)38-49/h7-34,36-40,52H,35H2,1-6H3. The van der Waals surface area contributed by atoms with Crippen LogP contribution in [0.25, 0.3) is 60.9 Å². The highest BCUT2D eigenvalue weighted by molar-refractivity contribution is 6.11. The highest BCUT2D eigenvalue weighted by atomic mass is 15.1. The molecular formula is C59H54N2. The second-order valence-electron chi connectivity index (χ2n) is 18.4. The van der Waals surface area contributed by atoms with Crippen molar-refractivity contribution in [1.29, 1.82) is 0 Å². The lowest BCUT2D eigenvalue weighted by molar-refractivity contribution is 0.408. The van der Waals surface area contributed by atoms with E-state index in [2.05, 4.69) is 239 Å². The van der Waals surface area contributed by atoms with Crippen LogP contribution in [0, 0.1) is 11.8 Å². The minimum atomic E-state index is -0.0773. The molecule has 1 aliphatic rings. The van der Waals surface area contributed by atoms with E-state index in [1.54, 1.807) is 0 Å². The summed E-state index contributed by atoms with van der Waals surface area (Å²) in [6, 6.07) is 69.9. The molecule has 0 saturated carbocycles. The maximum atomic E-state index is 2.41. The summed E-state index contributed by atoms with van der Waals surface area (Å²) in [4.78, 5) is 2.39. The van der Waals surface area contributed by atoms with Gasteiger partial charge in [-0.25, -0.2) is 0 Å². The van der Waals surface area contributed by atoms with Gasteiger partial charge >= 0.3 is 0 Å². The zero-order valence-electron chi connectivity index (χ0n) is 36.2. The van der Waals surface area contributed by atoms with E-state index in [4.69, 9.17) is 0 Å². The molecule has 9 aromatic rings. The van der Waals surface area contributed by atoms with Crippen LogP contribution >= 0.6 is 0 Å². The highest BCUT2D eigenvalue weighted by Gasteiger charge is 2.35. The maximum Gasteiger partial charge on any atom is 0.0541 e. The Hall–Kier alpha value is -6.64. The van der Waals surface area contributed by atoms with E-state index >= 15 is 0 Å². The number of rotatable bonds is 10. The van der Waals surface area contributed by atoms with Gasteiger partial charge in [0, 0.05) is 38.9 Å². The molecule has 0 bridgehead atoms. The van der Waals surface area contributed by atoms with E-state index in [1.165, 1.54) is 84.0 Å². The SMILES string of the molecule is CC(C)CC(c1ccc(-c2ccc3c(c2)c2cc(-c4ccc(N(c5ccccc5)c5ccc6c(c5)C(C)(C)c5ccccc5-6)cc4)ccc2n3-c2ccccc2)cc1)C(C)C. The van der Waals surface area contributed by atoms with Crippen LogP contribution in [0.3, 0.4) is 0 Å². The van der Waals surface area contributed by atoms with Crippen LogP contribution in [0.15, 0.2) is 188 Å². The lowest BCUT2D eigenvalue weighted by Gasteiger charge is -2.28.